The lowest BCUT2D eigenvalue weighted by Gasteiger charge is -2.19. The summed E-state index contributed by atoms with van der Waals surface area (Å²) >= 11 is 6.03. The minimum atomic E-state index is -0.524. The van der Waals surface area contributed by atoms with Crippen molar-refractivity contribution >= 4 is 23.2 Å². The highest BCUT2D eigenvalue weighted by molar-refractivity contribution is 6.30. The van der Waals surface area contributed by atoms with Crippen LogP contribution in [0.3, 0.4) is 0 Å². The highest BCUT2D eigenvalue weighted by atomic mass is 35.5. The van der Waals surface area contributed by atoms with Gasteiger partial charge in [0.2, 0.25) is 0 Å². The molecule has 1 aromatic rings. The fraction of sp³-hybridized carbons (Fsp3) is 0.385. The molecule has 5 heteroatoms. The Morgan fingerprint density at radius 1 is 1.50 bits per heavy atom. The van der Waals surface area contributed by atoms with Crippen LogP contribution >= 0.6 is 11.6 Å². The number of hydrazone groups is 1. The van der Waals surface area contributed by atoms with E-state index >= 15 is 0 Å². The van der Waals surface area contributed by atoms with Crippen LogP contribution in [0.5, 0.6) is 5.75 Å². The van der Waals surface area contributed by atoms with Gasteiger partial charge in [0.1, 0.15) is 5.75 Å². The van der Waals surface area contributed by atoms with Crippen molar-refractivity contribution in [3.05, 3.63) is 28.8 Å². The summed E-state index contributed by atoms with van der Waals surface area (Å²) in [5.41, 5.74) is 1.88. The fourth-order valence-electron chi connectivity index (χ4n) is 2.42. The van der Waals surface area contributed by atoms with Gasteiger partial charge >= 0.3 is 0 Å². The number of fused-ring (bicyclic) bond motifs is 3. The molecule has 3 rings (SSSR count). The molecule has 2 aliphatic rings. The molecule has 2 aliphatic heterocycles. The topological polar surface area (TPSA) is 41.9 Å². The summed E-state index contributed by atoms with van der Waals surface area (Å²) in [6, 6.07) is 5.36. The number of benzene rings is 1. The van der Waals surface area contributed by atoms with E-state index in [9.17, 15) is 4.79 Å². The second kappa shape index (κ2) is 3.99. The maximum Gasteiger partial charge on any atom is 0.283 e. The molecule has 2 heterocycles. The molecular weight excluding hydrogens is 252 g/mol. The Balaban J connectivity index is 2.14. The lowest BCUT2D eigenvalue weighted by atomic mass is 10.0. The minimum absolute atomic E-state index is 0.0869. The predicted octanol–water partition coefficient (Wildman–Crippen LogP) is 2.77. The zero-order valence-corrected chi connectivity index (χ0v) is 10.9. The van der Waals surface area contributed by atoms with Gasteiger partial charge in [0.05, 0.1) is 6.04 Å². The number of carbonyl (C=O) groups excluding carboxylic acids is 1. The third-order valence-corrected chi connectivity index (χ3v) is 3.51. The SMILES string of the molecule is CC1=NN2C(=O)C(C)Oc3ccc(Cl)cc3C2C1. The molecule has 0 fully saturated rings. The molecule has 94 valence electrons. The van der Waals surface area contributed by atoms with Crippen molar-refractivity contribution in [1.82, 2.24) is 5.01 Å². The summed E-state index contributed by atoms with van der Waals surface area (Å²) < 4.78 is 5.68. The molecular formula is C13H13ClN2O2. The molecule has 1 aromatic carbocycles. The number of carbonyl (C=O) groups is 1. The Bertz CT molecular complexity index is 556. The molecule has 4 nitrogen and oxygen atoms in total. The Labute approximate surface area is 110 Å². The standard InChI is InChI=1S/C13H13ClN2O2/c1-7-5-11-10-6-9(14)3-4-12(10)18-8(2)13(17)16(11)15-7/h3-4,6,8,11H,5H2,1-2H3. The van der Waals surface area contributed by atoms with Crippen LogP contribution < -0.4 is 4.74 Å². The highest BCUT2D eigenvalue weighted by Crippen LogP contribution is 2.40. The van der Waals surface area contributed by atoms with Crippen LogP contribution in [-0.4, -0.2) is 22.7 Å². The zero-order chi connectivity index (χ0) is 12.9. The van der Waals surface area contributed by atoms with Gasteiger partial charge in [0.25, 0.3) is 5.91 Å². The van der Waals surface area contributed by atoms with Crippen molar-refractivity contribution in [2.45, 2.75) is 32.4 Å². The van der Waals surface area contributed by atoms with E-state index in [1.807, 2.05) is 19.1 Å². The summed E-state index contributed by atoms with van der Waals surface area (Å²) in [6.07, 6.45) is 0.208. The molecule has 0 radical (unpaired) electrons. The summed E-state index contributed by atoms with van der Waals surface area (Å²) in [5.74, 6) is 0.613. The molecule has 0 aromatic heterocycles. The normalized spacial score (nSPS) is 26.1. The van der Waals surface area contributed by atoms with E-state index in [-0.39, 0.29) is 11.9 Å². The van der Waals surface area contributed by atoms with E-state index in [4.69, 9.17) is 16.3 Å². The van der Waals surface area contributed by atoms with E-state index in [2.05, 4.69) is 5.10 Å². The van der Waals surface area contributed by atoms with Gasteiger partial charge in [-0.15, -0.1) is 0 Å². The van der Waals surface area contributed by atoms with Crippen LogP contribution in [-0.2, 0) is 4.79 Å². The lowest BCUT2D eigenvalue weighted by molar-refractivity contribution is -0.138. The van der Waals surface area contributed by atoms with Gasteiger partial charge in [-0.1, -0.05) is 11.6 Å². The van der Waals surface area contributed by atoms with Crippen molar-refractivity contribution in [2.24, 2.45) is 5.10 Å². The first-order valence-corrected chi connectivity index (χ1v) is 6.27. The van der Waals surface area contributed by atoms with Crippen molar-refractivity contribution < 1.29 is 9.53 Å². The molecule has 0 N–H and O–H groups in total. The zero-order valence-electron chi connectivity index (χ0n) is 10.2. The van der Waals surface area contributed by atoms with E-state index in [1.165, 1.54) is 5.01 Å². The molecule has 0 saturated carbocycles. The summed E-state index contributed by atoms with van der Waals surface area (Å²) in [6.45, 7) is 3.67. The van der Waals surface area contributed by atoms with Crippen LogP contribution in [0.25, 0.3) is 0 Å². The van der Waals surface area contributed by atoms with Gasteiger partial charge in [-0.25, -0.2) is 5.01 Å². The van der Waals surface area contributed by atoms with Gasteiger partial charge in [-0.3, -0.25) is 4.79 Å². The van der Waals surface area contributed by atoms with Crippen LogP contribution in [0.2, 0.25) is 5.02 Å². The van der Waals surface area contributed by atoms with Crippen LogP contribution in [0.4, 0.5) is 0 Å². The first kappa shape index (κ1) is 11.5. The van der Waals surface area contributed by atoms with Crippen molar-refractivity contribution in [1.29, 1.82) is 0 Å². The quantitative estimate of drug-likeness (QED) is 0.723. The van der Waals surface area contributed by atoms with Crippen LogP contribution in [0.1, 0.15) is 31.9 Å². The van der Waals surface area contributed by atoms with Crippen molar-refractivity contribution in [3.63, 3.8) is 0 Å². The molecule has 0 spiro atoms. The second-order valence-electron chi connectivity index (χ2n) is 4.68. The monoisotopic (exact) mass is 264 g/mol. The molecule has 0 aliphatic carbocycles. The minimum Gasteiger partial charge on any atom is -0.480 e. The van der Waals surface area contributed by atoms with Gasteiger partial charge in [0.15, 0.2) is 6.10 Å². The smallest absolute Gasteiger partial charge is 0.283 e. The number of hydrogen-bond donors (Lipinski definition) is 0. The molecule has 18 heavy (non-hydrogen) atoms. The molecule has 0 saturated heterocycles. The molecule has 0 bridgehead atoms. The van der Waals surface area contributed by atoms with Gasteiger partial charge in [0, 0.05) is 22.7 Å². The third-order valence-electron chi connectivity index (χ3n) is 3.27. The second-order valence-corrected chi connectivity index (χ2v) is 5.12. The maximum atomic E-state index is 12.2. The Morgan fingerprint density at radius 3 is 3.06 bits per heavy atom. The first-order chi connectivity index (χ1) is 8.56. The van der Waals surface area contributed by atoms with E-state index < -0.39 is 6.10 Å². The molecule has 2 unspecified atom stereocenters. The summed E-state index contributed by atoms with van der Waals surface area (Å²) in [4.78, 5) is 12.2. The Hall–Kier alpha value is -1.55. The predicted molar refractivity (Wildman–Crippen MR) is 68.9 cm³/mol. The number of nitrogens with zero attached hydrogens (tertiary/aromatic N) is 2. The lowest BCUT2D eigenvalue weighted by Crippen LogP contribution is -2.34. The number of hydrogen-bond acceptors (Lipinski definition) is 3. The number of amides is 1. The number of ether oxygens (including phenoxy) is 1. The Kier molecular flexibility index (Phi) is 2.55. The fourth-order valence-corrected chi connectivity index (χ4v) is 2.60. The van der Waals surface area contributed by atoms with E-state index in [1.54, 1.807) is 13.0 Å². The van der Waals surface area contributed by atoms with Crippen molar-refractivity contribution in [3.8, 4) is 5.75 Å². The molecule has 1 amide bonds. The van der Waals surface area contributed by atoms with Gasteiger partial charge < -0.3 is 4.74 Å². The van der Waals surface area contributed by atoms with Crippen molar-refractivity contribution in [2.75, 3.05) is 0 Å². The average Bonchev–Trinajstić information content (AvgIpc) is 2.68. The maximum absolute atomic E-state index is 12.2. The average molecular weight is 265 g/mol. The highest BCUT2D eigenvalue weighted by Gasteiger charge is 2.38. The van der Waals surface area contributed by atoms with Gasteiger partial charge in [-0.05, 0) is 32.0 Å². The van der Waals surface area contributed by atoms with Crippen LogP contribution in [0.15, 0.2) is 23.3 Å². The number of rotatable bonds is 0. The first-order valence-electron chi connectivity index (χ1n) is 5.89. The van der Waals surface area contributed by atoms with E-state index in [0.29, 0.717) is 5.02 Å². The summed E-state index contributed by atoms with van der Waals surface area (Å²) in [5, 5.41) is 6.48. The summed E-state index contributed by atoms with van der Waals surface area (Å²) in [7, 11) is 0. The molecule has 2 atom stereocenters. The third kappa shape index (κ3) is 1.68. The van der Waals surface area contributed by atoms with E-state index in [0.717, 1.165) is 23.4 Å². The largest absolute Gasteiger partial charge is 0.480 e. The van der Waals surface area contributed by atoms with Crippen LogP contribution in [0, 0.1) is 0 Å². The number of halogens is 1. The van der Waals surface area contributed by atoms with Gasteiger partial charge in [-0.2, -0.15) is 5.10 Å². The Morgan fingerprint density at radius 2 is 2.28 bits per heavy atom.